The number of rotatable bonds is 8. The molecule has 0 radical (unpaired) electrons. The monoisotopic (exact) mass is 357 g/mol. The zero-order valence-electron chi connectivity index (χ0n) is 17.3. The summed E-state index contributed by atoms with van der Waals surface area (Å²) in [7, 11) is -1.76. The molecule has 4 nitrogen and oxygen atoms in total. The van der Waals surface area contributed by atoms with E-state index in [1.54, 1.807) is 0 Å². The van der Waals surface area contributed by atoms with Gasteiger partial charge in [-0.3, -0.25) is 4.79 Å². The lowest BCUT2D eigenvalue weighted by Gasteiger charge is -2.36. The fourth-order valence-electron chi connectivity index (χ4n) is 1.93. The van der Waals surface area contributed by atoms with E-state index in [0.717, 1.165) is 6.42 Å². The first-order valence-corrected chi connectivity index (χ1v) is 11.8. The smallest absolute Gasteiger partial charge is 0.326 e. The molecule has 1 atom stereocenters. The molecule has 0 fully saturated rings. The summed E-state index contributed by atoms with van der Waals surface area (Å²) in [5.74, 6) is -0.333. The van der Waals surface area contributed by atoms with Crippen LogP contribution in [0.2, 0.25) is 18.1 Å². The Hall–Kier alpha value is -0.653. The van der Waals surface area contributed by atoms with E-state index in [0.29, 0.717) is 19.4 Å². The number of nitrogens with two attached hydrogens (primary N) is 1. The van der Waals surface area contributed by atoms with Crippen LogP contribution in [-0.4, -0.2) is 32.0 Å². The average Bonchev–Trinajstić information content (AvgIpc) is 2.38. The summed E-state index contributed by atoms with van der Waals surface area (Å²) >= 11 is 0. The van der Waals surface area contributed by atoms with Gasteiger partial charge < -0.3 is 14.9 Å². The SMILES string of the molecule is C/C=C/CC(N)(CCCO[Si](C)(C)C(C)(C)C)C(=O)OC(C)(C)C. The first-order chi connectivity index (χ1) is 10.6. The molecule has 5 heteroatoms. The molecular weight excluding hydrogens is 318 g/mol. The van der Waals surface area contributed by atoms with Crippen LogP contribution >= 0.6 is 0 Å². The lowest BCUT2D eigenvalue weighted by Crippen LogP contribution is -2.51. The van der Waals surface area contributed by atoms with E-state index < -0.39 is 19.5 Å². The number of hydrogen-bond acceptors (Lipinski definition) is 4. The molecule has 0 amide bonds. The molecule has 0 aromatic rings. The van der Waals surface area contributed by atoms with Crippen molar-refractivity contribution in [2.24, 2.45) is 5.73 Å². The van der Waals surface area contributed by atoms with E-state index in [-0.39, 0.29) is 11.0 Å². The van der Waals surface area contributed by atoms with Crippen LogP contribution in [0.1, 0.15) is 67.7 Å². The molecule has 0 aliphatic carbocycles. The van der Waals surface area contributed by atoms with Crippen molar-refractivity contribution in [3.05, 3.63) is 12.2 Å². The van der Waals surface area contributed by atoms with E-state index in [2.05, 4.69) is 33.9 Å². The van der Waals surface area contributed by atoms with Gasteiger partial charge in [-0.1, -0.05) is 32.9 Å². The van der Waals surface area contributed by atoms with Gasteiger partial charge in [0.2, 0.25) is 0 Å². The summed E-state index contributed by atoms with van der Waals surface area (Å²) < 4.78 is 11.7. The van der Waals surface area contributed by atoms with Crippen molar-refractivity contribution in [2.45, 2.75) is 97.0 Å². The quantitative estimate of drug-likeness (QED) is 0.293. The van der Waals surface area contributed by atoms with Gasteiger partial charge in [-0.25, -0.2) is 0 Å². The third kappa shape index (κ3) is 7.95. The van der Waals surface area contributed by atoms with E-state index in [1.165, 1.54) is 0 Å². The van der Waals surface area contributed by atoms with Crippen molar-refractivity contribution in [3.63, 3.8) is 0 Å². The molecule has 0 aromatic heterocycles. The third-order valence-corrected chi connectivity index (χ3v) is 9.10. The van der Waals surface area contributed by atoms with Gasteiger partial charge in [0, 0.05) is 6.61 Å². The van der Waals surface area contributed by atoms with Crippen LogP contribution in [0.15, 0.2) is 12.2 Å². The Morgan fingerprint density at radius 2 is 1.67 bits per heavy atom. The molecule has 0 aliphatic rings. The zero-order chi connectivity index (χ0) is 19.2. The second-order valence-corrected chi connectivity index (χ2v) is 14.0. The van der Waals surface area contributed by atoms with Crippen LogP contribution < -0.4 is 5.73 Å². The lowest BCUT2D eigenvalue weighted by atomic mass is 9.90. The molecular formula is C19H39NO3Si. The Labute approximate surface area is 150 Å². The third-order valence-electron chi connectivity index (χ3n) is 4.56. The fraction of sp³-hybridized carbons (Fsp3) is 0.842. The minimum atomic E-state index is -1.76. The topological polar surface area (TPSA) is 61.5 Å². The summed E-state index contributed by atoms with van der Waals surface area (Å²) in [6.45, 7) is 19.3. The molecule has 0 saturated carbocycles. The summed E-state index contributed by atoms with van der Waals surface area (Å²) in [5.41, 5.74) is 4.88. The van der Waals surface area contributed by atoms with Crippen LogP contribution in [0.25, 0.3) is 0 Å². The van der Waals surface area contributed by atoms with Gasteiger partial charge in [0.05, 0.1) is 0 Å². The van der Waals surface area contributed by atoms with Crippen molar-refractivity contribution in [3.8, 4) is 0 Å². The summed E-state index contributed by atoms with van der Waals surface area (Å²) in [6, 6.07) is 0. The van der Waals surface area contributed by atoms with Gasteiger partial charge in [-0.05, 0) is 65.1 Å². The highest BCUT2D eigenvalue weighted by Gasteiger charge is 2.39. The van der Waals surface area contributed by atoms with E-state index in [1.807, 2.05) is 39.8 Å². The van der Waals surface area contributed by atoms with Gasteiger partial charge in [0.1, 0.15) is 11.1 Å². The number of carbonyl (C=O) groups is 1. The Morgan fingerprint density at radius 1 is 1.12 bits per heavy atom. The van der Waals surface area contributed by atoms with Gasteiger partial charge in [-0.2, -0.15) is 0 Å². The summed E-state index contributed by atoms with van der Waals surface area (Å²) in [4.78, 5) is 12.5. The normalized spacial score (nSPS) is 16.2. The predicted octanol–water partition coefficient (Wildman–Crippen LogP) is 4.79. The molecule has 0 heterocycles. The molecule has 1 unspecified atom stereocenters. The van der Waals surface area contributed by atoms with E-state index in [4.69, 9.17) is 14.9 Å². The van der Waals surface area contributed by atoms with Crippen LogP contribution in [0.4, 0.5) is 0 Å². The highest BCUT2D eigenvalue weighted by Crippen LogP contribution is 2.36. The second kappa shape index (κ2) is 8.63. The highest BCUT2D eigenvalue weighted by molar-refractivity contribution is 6.74. The Balaban J connectivity index is 4.78. The van der Waals surface area contributed by atoms with Crippen molar-refractivity contribution >= 4 is 14.3 Å². The Bertz CT molecular complexity index is 433. The van der Waals surface area contributed by atoms with Crippen molar-refractivity contribution < 1.29 is 14.0 Å². The van der Waals surface area contributed by atoms with Crippen molar-refractivity contribution in [1.29, 1.82) is 0 Å². The summed E-state index contributed by atoms with van der Waals surface area (Å²) in [6.07, 6.45) is 5.63. The van der Waals surface area contributed by atoms with Gasteiger partial charge in [0.15, 0.2) is 8.32 Å². The second-order valence-electron chi connectivity index (χ2n) is 9.14. The van der Waals surface area contributed by atoms with Crippen molar-refractivity contribution in [1.82, 2.24) is 0 Å². The Kier molecular flexibility index (Phi) is 8.40. The molecule has 24 heavy (non-hydrogen) atoms. The van der Waals surface area contributed by atoms with E-state index in [9.17, 15) is 4.79 Å². The number of esters is 1. The number of hydrogen-bond donors (Lipinski definition) is 1. The molecule has 0 aromatic carbocycles. The minimum absolute atomic E-state index is 0.183. The fourth-order valence-corrected chi connectivity index (χ4v) is 3.01. The van der Waals surface area contributed by atoms with Gasteiger partial charge in [0.25, 0.3) is 0 Å². The molecule has 142 valence electrons. The highest BCUT2D eigenvalue weighted by atomic mass is 28.4. The summed E-state index contributed by atoms with van der Waals surface area (Å²) in [5, 5.41) is 0.183. The predicted molar refractivity (Wildman–Crippen MR) is 105 cm³/mol. The first-order valence-electron chi connectivity index (χ1n) is 8.92. The number of carbonyl (C=O) groups excluding carboxylic acids is 1. The lowest BCUT2D eigenvalue weighted by molar-refractivity contribution is -0.162. The zero-order valence-corrected chi connectivity index (χ0v) is 18.3. The van der Waals surface area contributed by atoms with Crippen LogP contribution in [0, 0.1) is 0 Å². The van der Waals surface area contributed by atoms with Crippen LogP contribution in [0.5, 0.6) is 0 Å². The molecule has 2 N–H and O–H groups in total. The molecule has 0 spiro atoms. The number of ether oxygens (including phenoxy) is 1. The molecule has 0 aliphatic heterocycles. The largest absolute Gasteiger partial charge is 0.459 e. The number of allylic oxidation sites excluding steroid dienone is 1. The maximum absolute atomic E-state index is 12.5. The Morgan fingerprint density at radius 3 is 2.08 bits per heavy atom. The maximum Gasteiger partial charge on any atom is 0.326 e. The first kappa shape index (κ1) is 23.3. The average molecular weight is 358 g/mol. The van der Waals surface area contributed by atoms with Crippen molar-refractivity contribution in [2.75, 3.05) is 6.61 Å². The maximum atomic E-state index is 12.5. The van der Waals surface area contributed by atoms with E-state index >= 15 is 0 Å². The van der Waals surface area contributed by atoms with Crippen LogP contribution in [-0.2, 0) is 14.0 Å². The minimum Gasteiger partial charge on any atom is -0.459 e. The standard InChI is InChI=1S/C19H39NO3Si/c1-10-11-13-19(20,16(21)23-17(2,3)4)14-12-15-22-24(8,9)18(5,6)7/h10-11H,12-15,20H2,1-9H3/b11-10+. The van der Waals surface area contributed by atoms with Gasteiger partial charge >= 0.3 is 5.97 Å². The van der Waals surface area contributed by atoms with Gasteiger partial charge in [-0.15, -0.1) is 0 Å². The molecule has 0 bridgehead atoms. The van der Waals surface area contributed by atoms with Crippen LogP contribution in [0.3, 0.4) is 0 Å². The molecule has 0 rings (SSSR count). The molecule has 0 saturated heterocycles.